The van der Waals surface area contributed by atoms with E-state index in [1.54, 1.807) is 7.05 Å². The second kappa shape index (κ2) is 6.57. The van der Waals surface area contributed by atoms with Gasteiger partial charge in [-0.25, -0.2) is 0 Å². The van der Waals surface area contributed by atoms with E-state index in [0.29, 0.717) is 12.1 Å². The van der Waals surface area contributed by atoms with Gasteiger partial charge in [0.2, 0.25) is 0 Å². The van der Waals surface area contributed by atoms with Gasteiger partial charge >= 0.3 is 0 Å². The molecule has 1 heterocycles. The molecule has 0 bridgehead atoms. The van der Waals surface area contributed by atoms with E-state index < -0.39 is 0 Å². The molecular formula is C15H24N4. The van der Waals surface area contributed by atoms with Gasteiger partial charge in [-0.15, -0.1) is 0 Å². The maximum absolute atomic E-state index is 4.18. The fraction of sp³-hybridized carbons (Fsp3) is 0.533. The highest BCUT2D eigenvalue weighted by atomic mass is 15.2. The zero-order valence-corrected chi connectivity index (χ0v) is 12.1. The topological polar surface area (TPSA) is 39.7 Å². The molecule has 2 rings (SSSR count). The normalized spacial score (nSPS) is 24.5. The molecule has 2 unspecified atom stereocenters. The number of hydrogen-bond acceptors (Lipinski definition) is 2. The van der Waals surface area contributed by atoms with Crippen LogP contribution >= 0.6 is 0 Å². The van der Waals surface area contributed by atoms with Crippen LogP contribution in [0.15, 0.2) is 35.3 Å². The first kappa shape index (κ1) is 13.9. The lowest BCUT2D eigenvalue weighted by molar-refractivity contribution is 0.258. The van der Waals surface area contributed by atoms with Crippen LogP contribution in [0.5, 0.6) is 0 Å². The average Bonchev–Trinajstić information content (AvgIpc) is 2.77. The number of hydrogen-bond donors (Lipinski definition) is 2. The van der Waals surface area contributed by atoms with E-state index in [9.17, 15) is 0 Å². The molecule has 1 aromatic carbocycles. The van der Waals surface area contributed by atoms with Crippen LogP contribution in [-0.4, -0.2) is 43.6 Å². The first-order valence-corrected chi connectivity index (χ1v) is 6.92. The molecule has 19 heavy (non-hydrogen) atoms. The van der Waals surface area contributed by atoms with E-state index in [2.05, 4.69) is 57.8 Å². The van der Waals surface area contributed by atoms with Crippen molar-refractivity contribution in [2.45, 2.75) is 32.0 Å². The van der Waals surface area contributed by atoms with Gasteiger partial charge in [-0.2, -0.15) is 0 Å². The third-order valence-corrected chi connectivity index (χ3v) is 3.73. The van der Waals surface area contributed by atoms with Gasteiger partial charge in [0.15, 0.2) is 5.96 Å². The molecule has 0 radical (unpaired) electrons. The maximum atomic E-state index is 4.18. The lowest BCUT2D eigenvalue weighted by atomic mass is 10.2. The summed E-state index contributed by atoms with van der Waals surface area (Å²) >= 11 is 0. The molecule has 4 nitrogen and oxygen atoms in total. The van der Waals surface area contributed by atoms with Crippen molar-refractivity contribution in [3.05, 3.63) is 35.9 Å². The largest absolute Gasteiger partial charge is 0.359 e. The van der Waals surface area contributed by atoms with Gasteiger partial charge in [0, 0.05) is 39.3 Å². The van der Waals surface area contributed by atoms with Crippen molar-refractivity contribution in [1.29, 1.82) is 0 Å². The maximum Gasteiger partial charge on any atom is 0.190 e. The summed E-state index contributed by atoms with van der Waals surface area (Å²) in [6.45, 7) is 4.39. The average molecular weight is 260 g/mol. The number of aliphatic imine (C=N–C) groups is 1. The van der Waals surface area contributed by atoms with Crippen molar-refractivity contribution in [2.75, 3.05) is 20.6 Å². The van der Waals surface area contributed by atoms with Crippen LogP contribution in [-0.2, 0) is 6.54 Å². The molecule has 1 aliphatic rings. The zero-order chi connectivity index (χ0) is 13.7. The fourth-order valence-corrected chi connectivity index (χ4v) is 2.68. The van der Waals surface area contributed by atoms with Crippen LogP contribution < -0.4 is 10.6 Å². The molecule has 0 spiro atoms. The minimum Gasteiger partial charge on any atom is -0.359 e. The molecule has 2 N–H and O–H groups in total. The number of nitrogens with zero attached hydrogens (tertiary/aromatic N) is 2. The van der Waals surface area contributed by atoms with E-state index >= 15 is 0 Å². The number of nitrogens with one attached hydrogen (secondary N) is 2. The number of likely N-dealkylation sites (tertiary alicyclic amines) is 1. The summed E-state index contributed by atoms with van der Waals surface area (Å²) in [6, 6.07) is 11.7. The highest BCUT2D eigenvalue weighted by Gasteiger charge is 2.29. The Hall–Kier alpha value is -1.55. The Morgan fingerprint density at radius 2 is 2.11 bits per heavy atom. The van der Waals surface area contributed by atoms with Gasteiger partial charge in [-0.05, 0) is 18.9 Å². The second-order valence-electron chi connectivity index (χ2n) is 5.16. The van der Waals surface area contributed by atoms with E-state index in [0.717, 1.165) is 25.5 Å². The predicted octanol–water partition coefficient (Wildman–Crippen LogP) is 1.44. The second-order valence-corrected chi connectivity index (χ2v) is 5.16. The van der Waals surface area contributed by atoms with Crippen LogP contribution in [0.1, 0.15) is 18.9 Å². The Labute approximate surface area is 115 Å². The molecule has 1 aliphatic heterocycles. The summed E-state index contributed by atoms with van der Waals surface area (Å²) < 4.78 is 0. The van der Waals surface area contributed by atoms with E-state index in [1.165, 1.54) is 5.56 Å². The van der Waals surface area contributed by atoms with Crippen LogP contribution in [0.3, 0.4) is 0 Å². The summed E-state index contributed by atoms with van der Waals surface area (Å²) in [4.78, 5) is 6.70. The molecule has 0 amide bonds. The van der Waals surface area contributed by atoms with Crippen molar-refractivity contribution >= 4 is 5.96 Å². The summed E-state index contributed by atoms with van der Waals surface area (Å²) in [5.41, 5.74) is 1.38. The lowest BCUT2D eigenvalue weighted by Crippen LogP contribution is -2.43. The summed E-state index contributed by atoms with van der Waals surface area (Å²) in [5.74, 6) is 0.874. The van der Waals surface area contributed by atoms with Gasteiger partial charge in [0.25, 0.3) is 0 Å². The monoisotopic (exact) mass is 260 g/mol. The van der Waals surface area contributed by atoms with Crippen LogP contribution in [0.4, 0.5) is 0 Å². The smallest absolute Gasteiger partial charge is 0.190 e. The molecule has 1 fully saturated rings. The number of benzene rings is 1. The van der Waals surface area contributed by atoms with Gasteiger partial charge in [-0.3, -0.25) is 9.89 Å². The molecule has 0 aromatic heterocycles. The highest BCUT2D eigenvalue weighted by molar-refractivity contribution is 5.79. The van der Waals surface area contributed by atoms with Crippen LogP contribution in [0.2, 0.25) is 0 Å². The SMILES string of the molecule is CN=C(NC)NC1CC(C)N(Cc2ccccc2)C1. The molecule has 0 saturated carbocycles. The van der Waals surface area contributed by atoms with Gasteiger partial charge in [-0.1, -0.05) is 30.3 Å². The van der Waals surface area contributed by atoms with E-state index in [1.807, 2.05) is 7.05 Å². The van der Waals surface area contributed by atoms with E-state index in [4.69, 9.17) is 0 Å². The molecule has 4 heteroatoms. The molecular weight excluding hydrogens is 236 g/mol. The Kier molecular flexibility index (Phi) is 4.80. The summed E-state index contributed by atoms with van der Waals surface area (Å²) in [7, 11) is 3.70. The Balaban J connectivity index is 1.91. The van der Waals surface area contributed by atoms with Crippen LogP contribution in [0.25, 0.3) is 0 Å². The first-order valence-electron chi connectivity index (χ1n) is 6.92. The van der Waals surface area contributed by atoms with Gasteiger partial charge < -0.3 is 10.6 Å². The third-order valence-electron chi connectivity index (χ3n) is 3.73. The third kappa shape index (κ3) is 3.70. The van der Waals surface area contributed by atoms with Gasteiger partial charge in [0.1, 0.15) is 0 Å². The zero-order valence-electron chi connectivity index (χ0n) is 12.1. The highest BCUT2D eigenvalue weighted by Crippen LogP contribution is 2.20. The predicted molar refractivity (Wildman–Crippen MR) is 80.3 cm³/mol. The van der Waals surface area contributed by atoms with Crippen molar-refractivity contribution in [3.8, 4) is 0 Å². The number of rotatable bonds is 3. The lowest BCUT2D eigenvalue weighted by Gasteiger charge is -2.21. The Morgan fingerprint density at radius 3 is 2.74 bits per heavy atom. The summed E-state index contributed by atoms with van der Waals surface area (Å²) in [6.07, 6.45) is 1.16. The van der Waals surface area contributed by atoms with Crippen molar-refractivity contribution < 1.29 is 0 Å². The molecule has 104 valence electrons. The Bertz CT molecular complexity index is 415. The van der Waals surface area contributed by atoms with Crippen LogP contribution in [0, 0.1) is 0 Å². The Morgan fingerprint density at radius 1 is 1.37 bits per heavy atom. The first-order chi connectivity index (χ1) is 9.22. The standard InChI is InChI=1S/C15H24N4/c1-12-9-14(18-15(16-2)17-3)11-19(12)10-13-7-5-4-6-8-13/h4-8,12,14H,9-11H2,1-3H3,(H2,16,17,18). The quantitative estimate of drug-likeness (QED) is 0.638. The van der Waals surface area contributed by atoms with Crippen molar-refractivity contribution in [2.24, 2.45) is 4.99 Å². The molecule has 0 aliphatic carbocycles. The molecule has 1 aromatic rings. The molecule has 1 saturated heterocycles. The van der Waals surface area contributed by atoms with Crippen molar-refractivity contribution in [1.82, 2.24) is 15.5 Å². The van der Waals surface area contributed by atoms with Crippen molar-refractivity contribution in [3.63, 3.8) is 0 Å². The minimum absolute atomic E-state index is 0.477. The minimum atomic E-state index is 0.477. The number of guanidine groups is 1. The molecule has 2 atom stereocenters. The van der Waals surface area contributed by atoms with Gasteiger partial charge in [0.05, 0.1) is 0 Å². The fourth-order valence-electron chi connectivity index (χ4n) is 2.68. The van der Waals surface area contributed by atoms with E-state index in [-0.39, 0.29) is 0 Å². The summed E-state index contributed by atoms with van der Waals surface area (Å²) in [5, 5.41) is 6.54.